The zero-order chi connectivity index (χ0) is 14.6. The van der Waals surface area contributed by atoms with Gasteiger partial charge in [-0.25, -0.2) is 0 Å². The first-order chi connectivity index (χ1) is 9.59. The third-order valence-corrected chi connectivity index (χ3v) is 4.02. The van der Waals surface area contributed by atoms with Crippen molar-refractivity contribution in [2.75, 3.05) is 5.32 Å². The van der Waals surface area contributed by atoms with Crippen LogP contribution in [-0.2, 0) is 4.79 Å². The van der Waals surface area contributed by atoms with E-state index >= 15 is 0 Å². The minimum Gasteiger partial charge on any atom is -0.326 e. The Kier molecular flexibility index (Phi) is 4.05. The van der Waals surface area contributed by atoms with E-state index in [2.05, 4.69) is 5.32 Å². The van der Waals surface area contributed by atoms with Crippen LogP contribution in [0, 0.1) is 28.1 Å². The number of nitrogens with zero attached hydrogens (tertiary/aromatic N) is 2. The Morgan fingerprint density at radius 1 is 1.15 bits per heavy atom. The summed E-state index contributed by atoms with van der Waals surface area (Å²) in [4.78, 5) is 12.4. The van der Waals surface area contributed by atoms with E-state index in [1.807, 2.05) is 19.1 Å². The zero-order valence-electron chi connectivity index (χ0n) is 11.6. The molecule has 1 amide bonds. The molecular formula is C16H17N3O. The molecule has 4 nitrogen and oxygen atoms in total. The van der Waals surface area contributed by atoms with Crippen molar-refractivity contribution in [3.63, 3.8) is 0 Å². The lowest BCUT2D eigenvalue weighted by Crippen LogP contribution is -2.35. The topological polar surface area (TPSA) is 76.7 Å². The number of anilines is 1. The number of nitriles is 2. The highest BCUT2D eigenvalue weighted by Crippen LogP contribution is 2.36. The third kappa shape index (κ3) is 2.81. The van der Waals surface area contributed by atoms with Crippen LogP contribution < -0.4 is 5.32 Å². The first kappa shape index (κ1) is 14.1. The summed E-state index contributed by atoms with van der Waals surface area (Å²) in [6.07, 6.45) is 5.17. The van der Waals surface area contributed by atoms with Crippen LogP contribution in [0.15, 0.2) is 18.2 Å². The van der Waals surface area contributed by atoms with E-state index in [1.165, 1.54) is 6.42 Å². The first-order valence-corrected chi connectivity index (χ1v) is 6.85. The number of nitrogens with one attached hydrogen (secondary N) is 1. The molecule has 102 valence electrons. The minimum absolute atomic E-state index is 0.00537. The molecule has 0 unspecified atom stereocenters. The molecule has 0 spiro atoms. The van der Waals surface area contributed by atoms with Gasteiger partial charge in [0.1, 0.15) is 12.1 Å². The molecule has 0 heterocycles. The van der Waals surface area contributed by atoms with Crippen molar-refractivity contribution in [1.29, 1.82) is 10.5 Å². The van der Waals surface area contributed by atoms with Gasteiger partial charge < -0.3 is 5.32 Å². The fourth-order valence-corrected chi connectivity index (χ4v) is 2.65. The maximum absolute atomic E-state index is 12.4. The molecule has 1 aliphatic rings. The van der Waals surface area contributed by atoms with Gasteiger partial charge >= 0.3 is 0 Å². The van der Waals surface area contributed by atoms with Crippen LogP contribution in [0.25, 0.3) is 0 Å². The molecule has 0 aliphatic heterocycles. The fraction of sp³-hybridized carbons (Fsp3) is 0.438. The van der Waals surface area contributed by atoms with Crippen LogP contribution in [-0.4, -0.2) is 5.91 Å². The van der Waals surface area contributed by atoms with Crippen molar-refractivity contribution in [2.45, 2.75) is 39.0 Å². The van der Waals surface area contributed by atoms with Crippen molar-refractivity contribution >= 4 is 11.6 Å². The summed E-state index contributed by atoms with van der Waals surface area (Å²) in [5.41, 5.74) is 0.879. The van der Waals surface area contributed by atoms with Crippen molar-refractivity contribution in [2.24, 2.45) is 5.41 Å². The van der Waals surface area contributed by atoms with Gasteiger partial charge in [-0.1, -0.05) is 26.2 Å². The van der Waals surface area contributed by atoms with Gasteiger partial charge in [0.2, 0.25) is 5.91 Å². The summed E-state index contributed by atoms with van der Waals surface area (Å²) in [6.45, 7) is 2.00. The fourth-order valence-electron chi connectivity index (χ4n) is 2.65. The molecule has 1 aliphatic carbocycles. The third-order valence-electron chi connectivity index (χ3n) is 4.02. The maximum Gasteiger partial charge on any atom is 0.230 e. The van der Waals surface area contributed by atoms with Crippen LogP contribution in [0.3, 0.4) is 0 Å². The van der Waals surface area contributed by atoms with Crippen molar-refractivity contribution in [3.8, 4) is 12.1 Å². The second-order valence-corrected chi connectivity index (χ2v) is 5.56. The molecule has 2 rings (SSSR count). The van der Waals surface area contributed by atoms with Crippen molar-refractivity contribution in [1.82, 2.24) is 0 Å². The van der Waals surface area contributed by atoms with Crippen molar-refractivity contribution < 1.29 is 4.79 Å². The Labute approximate surface area is 119 Å². The van der Waals surface area contributed by atoms with Crippen molar-refractivity contribution in [3.05, 3.63) is 29.3 Å². The van der Waals surface area contributed by atoms with Gasteiger partial charge in [0, 0.05) is 11.1 Å². The van der Waals surface area contributed by atoms with Gasteiger partial charge in [-0.05, 0) is 31.0 Å². The predicted octanol–water partition coefficient (Wildman–Crippen LogP) is 3.34. The quantitative estimate of drug-likeness (QED) is 0.892. The first-order valence-electron chi connectivity index (χ1n) is 6.85. The second kappa shape index (κ2) is 5.75. The Balaban J connectivity index is 2.16. The monoisotopic (exact) mass is 267 g/mol. The van der Waals surface area contributed by atoms with Crippen LogP contribution in [0.4, 0.5) is 5.69 Å². The van der Waals surface area contributed by atoms with Crippen LogP contribution >= 0.6 is 0 Å². The average molecular weight is 267 g/mol. The molecule has 0 radical (unpaired) electrons. The van der Waals surface area contributed by atoms with Crippen LogP contribution in [0.5, 0.6) is 0 Å². The minimum atomic E-state index is -0.320. The molecule has 1 N–H and O–H groups in total. The highest BCUT2D eigenvalue weighted by atomic mass is 16.2. The summed E-state index contributed by atoms with van der Waals surface area (Å²) in [5.74, 6) is 0.00537. The summed E-state index contributed by atoms with van der Waals surface area (Å²) in [7, 11) is 0. The van der Waals surface area contributed by atoms with E-state index in [0.29, 0.717) is 16.8 Å². The van der Waals surface area contributed by atoms with Crippen LogP contribution in [0.1, 0.15) is 50.2 Å². The zero-order valence-corrected chi connectivity index (χ0v) is 11.6. The molecule has 4 heteroatoms. The molecule has 1 saturated carbocycles. The van der Waals surface area contributed by atoms with Gasteiger partial charge in [-0.2, -0.15) is 10.5 Å². The molecule has 0 saturated heterocycles. The number of hydrogen-bond donors (Lipinski definition) is 1. The summed E-state index contributed by atoms with van der Waals surface area (Å²) in [6, 6.07) is 8.73. The van der Waals surface area contributed by atoms with Crippen LogP contribution in [0.2, 0.25) is 0 Å². The Morgan fingerprint density at radius 3 is 2.40 bits per heavy atom. The van der Waals surface area contributed by atoms with E-state index in [1.54, 1.807) is 18.2 Å². The lowest BCUT2D eigenvalue weighted by Gasteiger charge is -2.32. The standard InChI is InChI=1S/C16H17N3O/c1-16(7-3-2-4-8-16)15(20)19-14-6-5-12(10-17)13(9-14)11-18/h5-6,9H,2-4,7-8H2,1H3,(H,19,20). The lowest BCUT2D eigenvalue weighted by molar-refractivity contribution is -0.126. The Morgan fingerprint density at radius 2 is 1.80 bits per heavy atom. The van der Waals surface area contributed by atoms with E-state index < -0.39 is 0 Å². The molecule has 0 bridgehead atoms. The molecule has 1 aromatic carbocycles. The van der Waals surface area contributed by atoms with Gasteiger partial charge in [0.05, 0.1) is 11.1 Å². The molecule has 1 fully saturated rings. The average Bonchev–Trinajstić information content (AvgIpc) is 2.47. The summed E-state index contributed by atoms with van der Waals surface area (Å²) < 4.78 is 0. The number of carbonyl (C=O) groups excluding carboxylic acids is 1. The summed E-state index contributed by atoms with van der Waals surface area (Å²) in [5, 5.41) is 20.8. The number of hydrogen-bond acceptors (Lipinski definition) is 3. The lowest BCUT2D eigenvalue weighted by atomic mass is 9.75. The molecule has 20 heavy (non-hydrogen) atoms. The number of amides is 1. The molecular weight excluding hydrogens is 250 g/mol. The molecule has 1 aromatic rings. The van der Waals surface area contributed by atoms with Gasteiger partial charge in [0.25, 0.3) is 0 Å². The Hall–Kier alpha value is -2.33. The van der Waals surface area contributed by atoms with Gasteiger partial charge in [-0.15, -0.1) is 0 Å². The second-order valence-electron chi connectivity index (χ2n) is 5.56. The molecule has 0 aromatic heterocycles. The highest BCUT2D eigenvalue weighted by molar-refractivity contribution is 5.95. The normalized spacial score (nSPS) is 16.8. The highest BCUT2D eigenvalue weighted by Gasteiger charge is 2.34. The summed E-state index contributed by atoms with van der Waals surface area (Å²) >= 11 is 0. The number of benzene rings is 1. The largest absolute Gasteiger partial charge is 0.326 e. The van der Waals surface area contributed by atoms with E-state index in [4.69, 9.17) is 10.5 Å². The maximum atomic E-state index is 12.4. The smallest absolute Gasteiger partial charge is 0.230 e. The Bertz CT molecular complexity index is 601. The van der Waals surface area contributed by atoms with E-state index in [-0.39, 0.29) is 11.3 Å². The van der Waals surface area contributed by atoms with Gasteiger partial charge in [-0.3, -0.25) is 4.79 Å². The van der Waals surface area contributed by atoms with E-state index in [0.717, 1.165) is 25.7 Å². The number of carbonyl (C=O) groups is 1. The van der Waals surface area contributed by atoms with E-state index in [9.17, 15) is 4.79 Å². The SMILES string of the molecule is CC1(C(=O)Nc2ccc(C#N)c(C#N)c2)CCCCC1. The number of rotatable bonds is 2. The molecule has 0 atom stereocenters. The van der Waals surface area contributed by atoms with Gasteiger partial charge in [0.15, 0.2) is 0 Å². The predicted molar refractivity (Wildman–Crippen MR) is 75.7 cm³/mol.